The second-order valence-electron chi connectivity index (χ2n) is 9.53. The van der Waals surface area contributed by atoms with E-state index in [0.717, 1.165) is 15.4 Å². The molecule has 3 rings (SSSR count). The van der Waals surface area contributed by atoms with Crippen LogP contribution in [0.1, 0.15) is 38.3 Å². The predicted octanol–water partition coefficient (Wildman–Crippen LogP) is 4.53. The van der Waals surface area contributed by atoms with Crippen LogP contribution in [0.5, 0.6) is 5.75 Å². The van der Waals surface area contributed by atoms with Crippen molar-refractivity contribution in [1.82, 2.24) is 10.2 Å². The number of nitrogens with zero attached hydrogens (tertiary/aromatic N) is 2. The Kier molecular flexibility index (Phi) is 10.1. The first-order valence-electron chi connectivity index (χ1n) is 12.9. The van der Waals surface area contributed by atoms with E-state index < -0.39 is 28.5 Å². The molecule has 1 N–H and O–H groups in total. The third-order valence-corrected chi connectivity index (χ3v) is 8.16. The molecule has 0 aliphatic rings. The standard InChI is InChI=1S/C30H37N3O5S/c1-6-26(30(35)31-22(2)3)32(20-24-15-11-10-14-23(24)4)29(34)21-33(27-18-12-13-19-28(27)38-5)39(36,37)25-16-8-7-9-17-25/h7-19,22,26H,6,20-21H2,1-5H3,(H,31,35)/t26-/m1/s1. The minimum absolute atomic E-state index is 0.0405. The second kappa shape index (κ2) is 13.3. The molecule has 0 unspecified atom stereocenters. The van der Waals surface area contributed by atoms with Crippen LogP contribution in [0.25, 0.3) is 0 Å². The fourth-order valence-electron chi connectivity index (χ4n) is 4.34. The van der Waals surface area contributed by atoms with Gasteiger partial charge in [-0.15, -0.1) is 0 Å². The fraction of sp³-hybridized carbons (Fsp3) is 0.333. The Morgan fingerprint density at radius 1 is 0.923 bits per heavy atom. The van der Waals surface area contributed by atoms with E-state index >= 15 is 0 Å². The Hall–Kier alpha value is -3.85. The van der Waals surface area contributed by atoms with Crippen molar-refractivity contribution in [1.29, 1.82) is 0 Å². The number of carbonyl (C=O) groups is 2. The zero-order valence-corrected chi connectivity index (χ0v) is 23.9. The molecule has 9 heteroatoms. The van der Waals surface area contributed by atoms with Crippen LogP contribution in [0.15, 0.2) is 83.8 Å². The van der Waals surface area contributed by atoms with Crippen molar-refractivity contribution in [2.45, 2.75) is 57.6 Å². The lowest BCUT2D eigenvalue weighted by Crippen LogP contribution is -2.53. The van der Waals surface area contributed by atoms with Gasteiger partial charge in [0.25, 0.3) is 10.0 Å². The summed E-state index contributed by atoms with van der Waals surface area (Å²) in [6, 6.07) is 21.3. The third kappa shape index (κ3) is 7.17. The molecule has 2 amide bonds. The fourth-order valence-corrected chi connectivity index (χ4v) is 5.79. The Morgan fingerprint density at radius 3 is 2.15 bits per heavy atom. The summed E-state index contributed by atoms with van der Waals surface area (Å²) in [5, 5.41) is 2.90. The first-order chi connectivity index (χ1) is 18.6. The first-order valence-corrected chi connectivity index (χ1v) is 14.4. The molecule has 8 nitrogen and oxygen atoms in total. The van der Waals surface area contributed by atoms with Crippen molar-refractivity contribution in [3.05, 3.63) is 90.0 Å². The summed E-state index contributed by atoms with van der Waals surface area (Å²) >= 11 is 0. The Labute approximate surface area is 231 Å². The van der Waals surface area contributed by atoms with E-state index in [2.05, 4.69) is 5.32 Å². The maximum absolute atomic E-state index is 14.1. The van der Waals surface area contributed by atoms with E-state index in [1.54, 1.807) is 42.5 Å². The number of ether oxygens (including phenoxy) is 1. The van der Waals surface area contributed by atoms with Gasteiger partial charge in [0.15, 0.2) is 0 Å². The van der Waals surface area contributed by atoms with E-state index in [-0.39, 0.29) is 29.1 Å². The van der Waals surface area contributed by atoms with Crippen LogP contribution in [-0.4, -0.2) is 50.9 Å². The summed E-state index contributed by atoms with van der Waals surface area (Å²) in [4.78, 5) is 28.8. The van der Waals surface area contributed by atoms with Crippen LogP contribution in [0.3, 0.4) is 0 Å². The van der Waals surface area contributed by atoms with Crippen molar-refractivity contribution < 1.29 is 22.7 Å². The number of para-hydroxylation sites is 2. The van der Waals surface area contributed by atoms with E-state index in [4.69, 9.17) is 4.74 Å². The summed E-state index contributed by atoms with van der Waals surface area (Å²) in [5.74, 6) is -0.488. The van der Waals surface area contributed by atoms with Crippen LogP contribution < -0.4 is 14.4 Å². The summed E-state index contributed by atoms with van der Waals surface area (Å²) < 4.78 is 34.3. The molecule has 0 aliphatic carbocycles. The molecule has 0 spiro atoms. The Morgan fingerprint density at radius 2 is 1.54 bits per heavy atom. The maximum Gasteiger partial charge on any atom is 0.264 e. The second-order valence-corrected chi connectivity index (χ2v) is 11.4. The van der Waals surface area contributed by atoms with Crippen molar-refractivity contribution in [3.63, 3.8) is 0 Å². The summed E-state index contributed by atoms with van der Waals surface area (Å²) in [6.07, 6.45) is 0.357. The molecule has 208 valence electrons. The van der Waals surface area contributed by atoms with Gasteiger partial charge in [0.1, 0.15) is 18.3 Å². The number of aryl methyl sites for hydroxylation is 1. The summed E-state index contributed by atoms with van der Waals surface area (Å²) in [7, 11) is -2.72. The van der Waals surface area contributed by atoms with Gasteiger partial charge in [-0.05, 0) is 62.6 Å². The van der Waals surface area contributed by atoms with Gasteiger partial charge in [-0.25, -0.2) is 8.42 Å². The molecule has 0 fully saturated rings. The van der Waals surface area contributed by atoms with Gasteiger partial charge in [-0.3, -0.25) is 13.9 Å². The monoisotopic (exact) mass is 551 g/mol. The minimum atomic E-state index is -4.16. The normalized spacial score (nSPS) is 12.1. The molecule has 0 aromatic heterocycles. The minimum Gasteiger partial charge on any atom is -0.495 e. The molecule has 1 atom stereocenters. The molecule has 0 heterocycles. The Bertz CT molecular complexity index is 1380. The molecule has 0 radical (unpaired) electrons. The molecule has 0 bridgehead atoms. The predicted molar refractivity (Wildman–Crippen MR) is 153 cm³/mol. The van der Waals surface area contributed by atoms with Crippen LogP contribution in [0.4, 0.5) is 5.69 Å². The topological polar surface area (TPSA) is 96.0 Å². The third-order valence-electron chi connectivity index (χ3n) is 6.38. The van der Waals surface area contributed by atoms with Crippen LogP contribution >= 0.6 is 0 Å². The molecule has 39 heavy (non-hydrogen) atoms. The summed E-state index contributed by atoms with van der Waals surface area (Å²) in [6.45, 7) is 7.12. The quantitative estimate of drug-likeness (QED) is 0.357. The zero-order chi connectivity index (χ0) is 28.6. The molecular weight excluding hydrogens is 514 g/mol. The molecular formula is C30H37N3O5S. The van der Waals surface area contributed by atoms with Gasteiger partial charge >= 0.3 is 0 Å². The number of carbonyl (C=O) groups excluding carboxylic acids is 2. The van der Waals surface area contributed by atoms with Gasteiger partial charge in [0.05, 0.1) is 17.7 Å². The average molecular weight is 552 g/mol. The van der Waals surface area contributed by atoms with Gasteiger partial charge in [-0.1, -0.05) is 61.5 Å². The van der Waals surface area contributed by atoms with E-state index in [9.17, 15) is 18.0 Å². The molecule has 3 aromatic carbocycles. The smallest absolute Gasteiger partial charge is 0.264 e. The Balaban J connectivity index is 2.10. The highest BCUT2D eigenvalue weighted by Gasteiger charge is 2.34. The van der Waals surface area contributed by atoms with Crippen molar-refractivity contribution in [2.24, 2.45) is 0 Å². The highest BCUT2D eigenvalue weighted by Crippen LogP contribution is 2.32. The van der Waals surface area contributed by atoms with Crippen LogP contribution in [0, 0.1) is 6.92 Å². The SMILES string of the molecule is CC[C@H](C(=O)NC(C)C)N(Cc1ccccc1C)C(=O)CN(c1ccccc1OC)S(=O)(=O)c1ccccc1. The van der Waals surface area contributed by atoms with Gasteiger partial charge in [0, 0.05) is 12.6 Å². The van der Waals surface area contributed by atoms with Crippen LogP contribution in [-0.2, 0) is 26.2 Å². The summed E-state index contributed by atoms with van der Waals surface area (Å²) in [5.41, 5.74) is 2.07. The number of hydrogen-bond acceptors (Lipinski definition) is 5. The number of sulfonamides is 1. The van der Waals surface area contributed by atoms with Gasteiger partial charge in [0.2, 0.25) is 11.8 Å². The lowest BCUT2D eigenvalue weighted by molar-refractivity contribution is -0.140. The lowest BCUT2D eigenvalue weighted by Gasteiger charge is -2.34. The van der Waals surface area contributed by atoms with E-state index in [1.807, 2.05) is 52.0 Å². The average Bonchev–Trinajstić information content (AvgIpc) is 2.92. The first kappa shape index (κ1) is 29.7. The van der Waals surface area contributed by atoms with Crippen molar-refractivity contribution >= 4 is 27.5 Å². The lowest BCUT2D eigenvalue weighted by atomic mass is 10.1. The molecule has 3 aromatic rings. The van der Waals surface area contributed by atoms with E-state index in [1.165, 1.54) is 24.1 Å². The van der Waals surface area contributed by atoms with E-state index in [0.29, 0.717) is 12.2 Å². The number of amides is 2. The largest absolute Gasteiger partial charge is 0.495 e. The number of methoxy groups -OCH3 is 1. The number of rotatable bonds is 12. The molecule has 0 aliphatic heterocycles. The maximum atomic E-state index is 14.1. The van der Waals surface area contributed by atoms with Crippen LogP contribution in [0.2, 0.25) is 0 Å². The van der Waals surface area contributed by atoms with Gasteiger partial charge < -0.3 is 15.0 Å². The zero-order valence-electron chi connectivity index (χ0n) is 23.1. The highest BCUT2D eigenvalue weighted by atomic mass is 32.2. The number of benzene rings is 3. The van der Waals surface area contributed by atoms with Crippen molar-refractivity contribution in [3.8, 4) is 5.75 Å². The number of hydrogen-bond donors (Lipinski definition) is 1. The highest BCUT2D eigenvalue weighted by molar-refractivity contribution is 7.92. The van der Waals surface area contributed by atoms with Gasteiger partial charge in [-0.2, -0.15) is 0 Å². The number of nitrogens with one attached hydrogen (secondary N) is 1. The molecule has 0 saturated carbocycles. The number of anilines is 1. The molecule has 0 saturated heterocycles. The van der Waals surface area contributed by atoms with Crippen molar-refractivity contribution in [2.75, 3.05) is 18.0 Å².